The molecule has 8 nitrogen and oxygen atoms in total. The smallest absolute Gasteiger partial charge is 0.274 e. The van der Waals surface area contributed by atoms with Gasteiger partial charge < -0.3 is 20.1 Å². The molecule has 150 valence electrons. The van der Waals surface area contributed by atoms with Crippen LogP contribution in [0.15, 0.2) is 48.5 Å². The number of nitrogens with zero attached hydrogens (tertiary/aromatic N) is 2. The largest absolute Gasteiger partial charge is 0.497 e. The molecule has 0 aliphatic carbocycles. The lowest BCUT2D eigenvalue weighted by Crippen LogP contribution is -2.17. The first-order valence-electron chi connectivity index (χ1n) is 8.86. The number of anilines is 2. The number of hydrogen-bond donors (Lipinski definition) is 2. The Morgan fingerprint density at radius 3 is 2.31 bits per heavy atom. The second-order valence-electron chi connectivity index (χ2n) is 6.32. The minimum atomic E-state index is -0.349. The number of methoxy groups -OCH3 is 2. The molecule has 1 aromatic heterocycles. The Morgan fingerprint density at radius 2 is 1.69 bits per heavy atom. The molecule has 29 heavy (non-hydrogen) atoms. The van der Waals surface area contributed by atoms with Crippen molar-refractivity contribution in [3.63, 3.8) is 0 Å². The van der Waals surface area contributed by atoms with Crippen LogP contribution in [0.25, 0.3) is 11.3 Å². The molecule has 2 amide bonds. The zero-order chi connectivity index (χ0) is 21.0. The molecule has 0 radical (unpaired) electrons. The number of nitrogens with one attached hydrogen (secondary N) is 2. The van der Waals surface area contributed by atoms with E-state index in [2.05, 4.69) is 15.7 Å². The summed E-state index contributed by atoms with van der Waals surface area (Å²) in [6.07, 6.45) is 0. The van der Waals surface area contributed by atoms with Crippen molar-refractivity contribution in [1.82, 2.24) is 9.78 Å². The Bertz CT molecular complexity index is 1040. The fourth-order valence-corrected chi connectivity index (χ4v) is 2.86. The fraction of sp³-hybridized carbons (Fsp3) is 0.190. The van der Waals surface area contributed by atoms with Gasteiger partial charge in [0, 0.05) is 25.2 Å². The molecule has 0 atom stereocenters. The minimum absolute atomic E-state index is 0.205. The molecule has 2 N–H and O–H groups in total. The Hall–Kier alpha value is -3.81. The van der Waals surface area contributed by atoms with Crippen molar-refractivity contribution >= 4 is 23.2 Å². The van der Waals surface area contributed by atoms with E-state index in [4.69, 9.17) is 9.47 Å². The number of rotatable bonds is 6. The van der Waals surface area contributed by atoms with E-state index in [1.807, 2.05) is 24.3 Å². The SMILES string of the molecule is COc1ccc(-c2cc(C(=O)Nc3cc(NC(C)=O)ccc3OC)n(C)n2)cc1. The summed E-state index contributed by atoms with van der Waals surface area (Å²) in [4.78, 5) is 24.1. The van der Waals surface area contributed by atoms with E-state index < -0.39 is 0 Å². The molecule has 3 rings (SSSR count). The van der Waals surface area contributed by atoms with E-state index in [0.717, 1.165) is 11.3 Å². The molecule has 2 aromatic carbocycles. The number of amides is 2. The van der Waals surface area contributed by atoms with Gasteiger partial charge in [-0.2, -0.15) is 5.10 Å². The molecule has 0 saturated carbocycles. The van der Waals surface area contributed by atoms with Crippen LogP contribution < -0.4 is 20.1 Å². The average molecular weight is 394 g/mol. The molecule has 0 saturated heterocycles. The maximum Gasteiger partial charge on any atom is 0.274 e. The van der Waals surface area contributed by atoms with Crippen LogP contribution in [-0.4, -0.2) is 35.8 Å². The van der Waals surface area contributed by atoms with Gasteiger partial charge in [-0.3, -0.25) is 14.3 Å². The van der Waals surface area contributed by atoms with Gasteiger partial charge in [0.2, 0.25) is 5.91 Å². The van der Waals surface area contributed by atoms with Crippen LogP contribution in [0.5, 0.6) is 11.5 Å². The Labute approximate surface area is 168 Å². The van der Waals surface area contributed by atoms with Gasteiger partial charge in [-0.15, -0.1) is 0 Å². The highest BCUT2D eigenvalue weighted by Gasteiger charge is 2.17. The van der Waals surface area contributed by atoms with Gasteiger partial charge in [0.15, 0.2) is 0 Å². The van der Waals surface area contributed by atoms with Crippen molar-refractivity contribution in [2.75, 3.05) is 24.9 Å². The fourth-order valence-electron chi connectivity index (χ4n) is 2.86. The quantitative estimate of drug-likeness (QED) is 0.669. The lowest BCUT2D eigenvalue weighted by Gasteiger charge is -2.12. The third kappa shape index (κ3) is 4.55. The van der Waals surface area contributed by atoms with Gasteiger partial charge in [-0.25, -0.2) is 0 Å². The van der Waals surface area contributed by atoms with Crippen LogP contribution in [-0.2, 0) is 11.8 Å². The predicted molar refractivity (Wildman–Crippen MR) is 110 cm³/mol. The highest BCUT2D eigenvalue weighted by Crippen LogP contribution is 2.29. The second kappa shape index (κ2) is 8.47. The van der Waals surface area contributed by atoms with Crippen molar-refractivity contribution in [2.45, 2.75) is 6.92 Å². The first kappa shape index (κ1) is 19.9. The molecule has 0 bridgehead atoms. The zero-order valence-corrected chi connectivity index (χ0v) is 16.6. The van der Waals surface area contributed by atoms with E-state index >= 15 is 0 Å². The number of carbonyl (C=O) groups is 2. The summed E-state index contributed by atoms with van der Waals surface area (Å²) in [7, 11) is 4.81. The summed E-state index contributed by atoms with van der Waals surface area (Å²) in [5.41, 5.74) is 2.90. The molecular formula is C21H22N4O4. The summed E-state index contributed by atoms with van der Waals surface area (Å²) >= 11 is 0. The maximum absolute atomic E-state index is 12.8. The lowest BCUT2D eigenvalue weighted by molar-refractivity contribution is -0.114. The average Bonchev–Trinajstić information content (AvgIpc) is 3.09. The van der Waals surface area contributed by atoms with Crippen molar-refractivity contribution in [3.05, 3.63) is 54.2 Å². The summed E-state index contributed by atoms with van der Waals surface area (Å²) in [5, 5.41) is 9.93. The van der Waals surface area contributed by atoms with Crippen LogP contribution in [0, 0.1) is 0 Å². The van der Waals surface area contributed by atoms with Gasteiger partial charge >= 0.3 is 0 Å². The second-order valence-corrected chi connectivity index (χ2v) is 6.32. The number of hydrogen-bond acceptors (Lipinski definition) is 5. The highest BCUT2D eigenvalue weighted by atomic mass is 16.5. The minimum Gasteiger partial charge on any atom is -0.497 e. The third-order valence-corrected chi connectivity index (χ3v) is 4.27. The van der Waals surface area contributed by atoms with Gasteiger partial charge in [0.05, 0.1) is 25.6 Å². The van der Waals surface area contributed by atoms with Crippen LogP contribution in [0.3, 0.4) is 0 Å². The number of ether oxygens (including phenoxy) is 2. The molecule has 0 spiro atoms. The van der Waals surface area contributed by atoms with E-state index in [9.17, 15) is 9.59 Å². The van der Waals surface area contributed by atoms with Gasteiger partial charge in [0.1, 0.15) is 17.2 Å². The Kier molecular flexibility index (Phi) is 5.82. The van der Waals surface area contributed by atoms with Crippen molar-refractivity contribution in [2.24, 2.45) is 7.05 Å². The summed E-state index contributed by atoms with van der Waals surface area (Å²) in [5.74, 6) is 0.667. The Balaban J connectivity index is 1.85. The molecule has 1 heterocycles. The first-order chi connectivity index (χ1) is 13.9. The molecule has 8 heteroatoms. The van der Waals surface area contributed by atoms with E-state index in [1.165, 1.54) is 18.7 Å². The lowest BCUT2D eigenvalue weighted by atomic mass is 10.1. The number of carbonyl (C=O) groups excluding carboxylic acids is 2. The first-order valence-corrected chi connectivity index (χ1v) is 8.86. The van der Waals surface area contributed by atoms with E-state index in [0.29, 0.717) is 28.5 Å². The van der Waals surface area contributed by atoms with Crippen molar-refractivity contribution in [3.8, 4) is 22.8 Å². The molecule has 0 aliphatic heterocycles. The highest BCUT2D eigenvalue weighted by molar-refractivity contribution is 6.05. The molecular weight excluding hydrogens is 372 g/mol. The monoisotopic (exact) mass is 394 g/mol. The van der Waals surface area contributed by atoms with Crippen LogP contribution in [0.4, 0.5) is 11.4 Å². The number of benzene rings is 2. The third-order valence-electron chi connectivity index (χ3n) is 4.27. The molecule has 3 aromatic rings. The predicted octanol–water partition coefficient (Wildman–Crippen LogP) is 3.32. The van der Waals surface area contributed by atoms with Crippen LogP contribution in [0.2, 0.25) is 0 Å². The molecule has 0 fully saturated rings. The zero-order valence-electron chi connectivity index (χ0n) is 16.6. The van der Waals surface area contributed by atoms with Crippen LogP contribution >= 0.6 is 0 Å². The van der Waals surface area contributed by atoms with Crippen LogP contribution in [0.1, 0.15) is 17.4 Å². The Morgan fingerprint density at radius 1 is 0.966 bits per heavy atom. The van der Waals surface area contributed by atoms with Crippen molar-refractivity contribution in [1.29, 1.82) is 0 Å². The van der Waals surface area contributed by atoms with E-state index in [-0.39, 0.29) is 11.8 Å². The standard InChI is InChI=1S/C21H22N4O4/c1-13(26)22-15-7-10-20(29-4)18(11-15)23-21(27)19-12-17(24-25(19)2)14-5-8-16(28-3)9-6-14/h5-12H,1-4H3,(H,22,26)(H,23,27). The van der Waals surface area contributed by atoms with Crippen molar-refractivity contribution < 1.29 is 19.1 Å². The normalized spacial score (nSPS) is 10.3. The molecule has 0 unspecified atom stereocenters. The number of aryl methyl sites for hydroxylation is 1. The van der Waals surface area contributed by atoms with E-state index in [1.54, 1.807) is 38.4 Å². The van der Waals surface area contributed by atoms with Gasteiger partial charge in [-0.05, 0) is 48.5 Å². The summed E-state index contributed by atoms with van der Waals surface area (Å²) in [6, 6.07) is 14.1. The number of aromatic nitrogens is 2. The summed E-state index contributed by atoms with van der Waals surface area (Å²) in [6.45, 7) is 1.42. The maximum atomic E-state index is 12.8. The van der Waals surface area contributed by atoms with Gasteiger partial charge in [-0.1, -0.05) is 0 Å². The summed E-state index contributed by atoms with van der Waals surface area (Å²) < 4.78 is 12.0. The molecule has 0 aliphatic rings. The topological polar surface area (TPSA) is 94.5 Å². The van der Waals surface area contributed by atoms with Gasteiger partial charge in [0.25, 0.3) is 5.91 Å².